The van der Waals surface area contributed by atoms with Crippen molar-refractivity contribution in [1.29, 1.82) is 0 Å². The molecule has 358 valence electrons. The number of ether oxygens (including phenoxy) is 8. The number of hydrogen-bond donors (Lipinski definition) is 2. The summed E-state index contributed by atoms with van der Waals surface area (Å²) in [5.41, 5.74) is 11.9. The zero-order chi connectivity index (χ0) is 48.4. The van der Waals surface area contributed by atoms with Crippen molar-refractivity contribution in [3.8, 4) is 46.0 Å². The molecule has 3 aliphatic heterocycles. The average Bonchev–Trinajstić information content (AvgIpc) is 4.03. The first kappa shape index (κ1) is 48.1. The first-order chi connectivity index (χ1) is 33.5. The number of benzene rings is 6. The number of nitrogens with one attached hydrogen (secondary N) is 2. The molecule has 1 amide bonds. The van der Waals surface area contributed by atoms with Gasteiger partial charge in [0.15, 0.2) is 46.0 Å². The third-order valence-corrected chi connectivity index (χ3v) is 12.7. The summed E-state index contributed by atoms with van der Waals surface area (Å²) < 4.78 is 46.0. The molecule has 6 aromatic carbocycles. The zero-order valence-electron chi connectivity index (χ0n) is 40.8. The summed E-state index contributed by atoms with van der Waals surface area (Å²) in [6, 6.07) is 34.5. The summed E-state index contributed by atoms with van der Waals surface area (Å²) in [5.74, 6) is 6.31. The van der Waals surface area contributed by atoms with Crippen LogP contribution in [0, 0.1) is 27.7 Å². The third kappa shape index (κ3) is 11.3. The maximum Gasteiger partial charge on any atom is 0.244 e. The van der Waals surface area contributed by atoms with Crippen molar-refractivity contribution in [3.05, 3.63) is 176 Å². The molecule has 3 heterocycles. The number of rotatable bonds is 15. The van der Waals surface area contributed by atoms with Gasteiger partial charge in [0.05, 0.1) is 20.3 Å². The van der Waals surface area contributed by atoms with Gasteiger partial charge in [-0.3, -0.25) is 4.79 Å². The molecule has 0 saturated carbocycles. The van der Waals surface area contributed by atoms with E-state index in [4.69, 9.17) is 37.9 Å². The largest absolute Gasteiger partial charge is 0.493 e. The van der Waals surface area contributed by atoms with Crippen LogP contribution in [0.25, 0.3) is 12.2 Å². The van der Waals surface area contributed by atoms with E-state index in [1.54, 1.807) is 20.3 Å². The lowest BCUT2D eigenvalue weighted by Gasteiger charge is -2.32. The molecule has 69 heavy (non-hydrogen) atoms. The molecular formula is C58H62N2O9. The standard InChI is InChI=1S/C29H31NO5.C29H31NO4/c1-19-10-12-24(29(32-4)28(19)33-17-22-8-6-5-7-9-22)21(3)16-30-27(31)13-11-23-15-26-25(14-20(23)2)34-18-35-26;1-18-13-25-26(34-17-33-25)14-22(18)10-11-24-23-12-19(2)28(32-16-21-8-6-5-7-9-21)29(31-4)27(23)20(3)15-30-24/h5-15,21H,16-18H2,1-4H3,(H,30,31);5-14,20,24,30H,15-17H2,1-4H3/b13-11+;11-10+. The second-order valence-corrected chi connectivity index (χ2v) is 17.7. The minimum absolute atomic E-state index is 0.0225. The molecule has 3 atom stereocenters. The smallest absolute Gasteiger partial charge is 0.244 e. The lowest BCUT2D eigenvalue weighted by Crippen LogP contribution is -2.31. The number of carbonyl (C=O) groups excluding carboxylic acids is 1. The fourth-order valence-corrected chi connectivity index (χ4v) is 8.82. The molecule has 3 unspecified atom stereocenters. The number of methoxy groups -OCH3 is 2. The SMILES string of the molecule is COc1c(C(C)CNC(=O)/C=C/c2cc3c(cc2C)OCO3)ccc(C)c1OCc1ccccc1.COc1c(OCc2ccccc2)c(C)cc2c1C(C)CNC2/C=C/c1cc2c(cc1C)OCO2. The molecule has 0 aliphatic carbocycles. The molecule has 0 spiro atoms. The second-order valence-electron chi connectivity index (χ2n) is 17.7. The van der Waals surface area contributed by atoms with Crippen molar-refractivity contribution >= 4 is 18.1 Å². The molecule has 0 bridgehead atoms. The van der Waals surface area contributed by atoms with Crippen molar-refractivity contribution in [2.24, 2.45) is 0 Å². The Morgan fingerprint density at radius 1 is 0.667 bits per heavy atom. The van der Waals surface area contributed by atoms with Crippen molar-refractivity contribution in [1.82, 2.24) is 10.6 Å². The fourth-order valence-electron chi connectivity index (χ4n) is 8.82. The minimum Gasteiger partial charge on any atom is -0.493 e. The highest BCUT2D eigenvalue weighted by Gasteiger charge is 2.30. The first-order valence-corrected chi connectivity index (χ1v) is 23.4. The molecule has 6 aromatic rings. The Balaban J connectivity index is 0.000000186. The van der Waals surface area contributed by atoms with Crippen LogP contribution in [-0.2, 0) is 18.0 Å². The van der Waals surface area contributed by atoms with Gasteiger partial charge in [-0.05, 0) is 120 Å². The fraction of sp³-hybridized carbons (Fsp3) is 0.293. The Morgan fingerprint density at radius 2 is 1.20 bits per heavy atom. The molecule has 11 nitrogen and oxygen atoms in total. The van der Waals surface area contributed by atoms with Gasteiger partial charge in [0, 0.05) is 36.2 Å². The number of aryl methyl sites for hydroxylation is 4. The van der Waals surface area contributed by atoms with E-state index in [9.17, 15) is 4.79 Å². The summed E-state index contributed by atoms with van der Waals surface area (Å²) in [6.45, 7) is 15.2. The minimum atomic E-state index is -0.166. The predicted molar refractivity (Wildman–Crippen MR) is 270 cm³/mol. The summed E-state index contributed by atoms with van der Waals surface area (Å²) in [6.07, 6.45) is 7.71. The van der Waals surface area contributed by atoms with E-state index in [1.807, 2.05) is 98.8 Å². The van der Waals surface area contributed by atoms with E-state index in [1.165, 1.54) is 17.2 Å². The molecule has 3 aliphatic rings. The van der Waals surface area contributed by atoms with Gasteiger partial charge < -0.3 is 48.5 Å². The normalized spacial score (nSPS) is 15.8. The topological polar surface area (TPSA) is 115 Å². The summed E-state index contributed by atoms with van der Waals surface area (Å²) in [5, 5.41) is 6.67. The van der Waals surface area contributed by atoms with Crippen LogP contribution >= 0.6 is 0 Å². The molecular weight excluding hydrogens is 869 g/mol. The first-order valence-electron chi connectivity index (χ1n) is 23.4. The van der Waals surface area contributed by atoms with Gasteiger partial charge in [0.1, 0.15) is 13.2 Å². The van der Waals surface area contributed by atoms with E-state index >= 15 is 0 Å². The second kappa shape index (κ2) is 22.2. The van der Waals surface area contributed by atoms with Crippen molar-refractivity contribution < 1.29 is 42.7 Å². The molecule has 0 fully saturated rings. The lowest BCUT2D eigenvalue weighted by atomic mass is 9.85. The van der Waals surface area contributed by atoms with Crippen LogP contribution in [0.4, 0.5) is 0 Å². The molecule has 2 N–H and O–H groups in total. The number of carbonyl (C=O) groups is 1. The van der Waals surface area contributed by atoms with E-state index < -0.39 is 0 Å². The summed E-state index contributed by atoms with van der Waals surface area (Å²) in [7, 11) is 3.38. The predicted octanol–water partition coefficient (Wildman–Crippen LogP) is 11.6. The van der Waals surface area contributed by atoms with Gasteiger partial charge in [0.25, 0.3) is 0 Å². The summed E-state index contributed by atoms with van der Waals surface area (Å²) >= 11 is 0. The third-order valence-electron chi connectivity index (χ3n) is 12.7. The molecule has 9 rings (SSSR count). The van der Waals surface area contributed by atoms with Crippen LogP contribution in [0.15, 0.2) is 115 Å². The van der Waals surface area contributed by atoms with Gasteiger partial charge >= 0.3 is 0 Å². The summed E-state index contributed by atoms with van der Waals surface area (Å²) in [4.78, 5) is 12.5. The van der Waals surface area contributed by atoms with Crippen LogP contribution in [0.3, 0.4) is 0 Å². The highest BCUT2D eigenvalue weighted by Crippen LogP contribution is 2.46. The molecule has 0 aromatic heterocycles. The Labute approximate surface area is 406 Å². The van der Waals surface area contributed by atoms with Gasteiger partial charge in [-0.15, -0.1) is 0 Å². The number of amides is 1. The Hall–Kier alpha value is -7.37. The Morgan fingerprint density at radius 3 is 1.77 bits per heavy atom. The van der Waals surface area contributed by atoms with E-state index in [0.717, 1.165) is 91.1 Å². The highest BCUT2D eigenvalue weighted by molar-refractivity contribution is 5.92. The van der Waals surface area contributed by atoms with E-state index in [2.05, 4.69) is 68.7 Å². The van der Waals surface area contributed by atoms with Crippen LogP contribution in [-0.4, -0.2) is 46.8 Å². The number of hydrogen-bond acceptors (Lipinski definition) is 10. The average molecular weight is 931 g/mol. The van der Waals surface area contributed by atoms with Crippen molar-refractivity contribution in [3.63, 3.8) is 0 Å². The van der Waals surface area contributed by atoms with Gasteiger partial charge in [-0.25, -0.2) is 0 Å². The number of fused-ring (bicyclic) bond motifs is 3. The van der Waals surface area contributed by atoms with E-state index in [-0.39, 0.29) is 31.5 Å². The maximum absolute atomic E-state index is 12.5. The van der Waals surface area contributed by atoms with Crippen LogP contribution in [0.2, 0.25) is 0 Å². The zero-order valence-corrected chi connectivity index (χ0v) is 40.8. The Kier molecular flexibility index (Phi) is 15.4. The highest BCUT2D eigenvalue weighted by atomic mass is 16.7. The molecule has 0 radical (unpaired) electrons. The van der Waals surface area contributed by atoms with Crippen molar-refractivity contribution in [2.45, 2.75) is 72.6 Å². The van der Waals surface area contributed by atoms with Gasteiger partial charge in [-0.2, -0.15) is 0 Å². The maximum atomic E-state index is 12.5. The van der Waals surface area contributed by atoms with E-state index in [0.29, 0.717) is 37.2 Å². The monoisotopic (exact) mass is 930 g/mol. The Bertz CT molecular complexity index is 2820. The van der Waals surface area contributed by atoms with Crippen LogP contribution in [0.1, 0.15) is 92.9 Å². The molecule has 0 saturated heterocycles. The van der Waals surface area contributed by atoms with Gasteiger partial charge in [0.2, 0.25) is 19.5 Å². The van der Waals surface area contributed by atoms with Crippen LogP contribution < -0.4 is 48.5 Å². The quantitative estimate of drug-likeness (QED) is 0.0965. The van der Waals surface area contributed by atoms with Crippen LogP contribution in [0.5, 0.6) is 46.0 Å². The lowest BCUT2D eigenvalue weighted by molar-refractivity contribution is -0.116. The molecule has 11 heteroatoms. The van der Waals surface area contributed by atoms with Crippen molar-refractivity contribution in [2.75, 3.05) is 40.9 Å². The van der Waals surface area contributed by atoms with Gasteiger partial charge in [-0.1, -0.05) is 98.8 Å².